The van der Waals surface area contributed by atoms with E-state index in [0.717, 1.165) is 49.8 Å². The number of nitrogens with zero attached hydrogens (tertiary/aromatic N) is 6. The monoisotopic (exact) mass is 656 g/mol. The van der Waals surface area contributed by atoms with E-state index in [1.165, 1.54) is 12.1 Å². The molecule has 0 bridgehead atoms. The van der Waals surface area contributed by atoms with Gasteiger partial charge in [-0.2, -0.15) is 0 Å². The summed E-state index contributed by atoms with van der Waals surface area (Å²) in [6.45, 7) is 8.79. The second-order valence-electron chi connectivity index (χ2n) is 12.1. The molecule has 2 aromatic carbocycles. The van der Waals surface area contributed by atoms with Crippen LogP contribution in [0.3, 0.4) is 0 Å². The first kappa shape index (κ1) is 32.8. The second kappa shape index (κ2) is 14.3. The van der Waals surface area contributed by atoms with Crippen molar-refractivity contribution >= 4 is 22.6 Å². The Kier molecular flexibility index (Phi) is 9.81. The molecule has 0 radical (unpaired) electrons. The summed E-state index contributed by atoms with van der Waals surface area (Å²) in [6, 6.07) is 13.5. The number of carboxylic acids is 1. The lowest BCUT2D eigenvalue weighted by Crippen LogP contribution is -2.38. The summed E-state index contributed by atoms with van der Waals surface area (Å²) < 4.78 is 45.6. The van der Waals surface area contributed by atoms with E-state index in [1.54, 1.807) is 37.6 Å². The largest absolute Gasteiger partial charge is 0.484 e. The van der Waals surface area contributed by atoms with Crippen LogP contribution in [0.15, 0.2) is 67.1 Å². The number of ether oxygens (including phenoxy) is 2. The average Bonchev–Trinajstić information content (AvgIpc) is 3.66. The van der Waals surface area contributed by atoms with E-state index >= 15 is 4.39 Å². The molecule has 250 valence electrons. The van der Waals surface area contributed by atoms with Gasteiger partial charge in [0.05, 0.1) is 36.3 Å². The SMILES string of the molecule is CCn1cncc1Cn1c(CN2CCC(Oc3cccc(COc4ccc(C)cc4F)n3)CC2)nc2c(F)cc(/C(C)=C/C(=O)O)cc21. The predicted octanol–water partition coefficient (Wildman–Crippen LogP) is 6.39. The lowest BCUT2D eigenvalue weighted by molar-refractivity contribution is -0.131. The molecule has 4 heterocycles. The van der Waals surface area contributed by atoms with Gasteiger partial charge < -0.3 is 23.7 Å². The van der Waals surface area contributed by atoms with Gasteiger partial charge in [0.15, 0.2) is 17.4 Å². The summed E-state index contributed by atoms with van der Waals surface area (Å²) in [4.78, 5) is 27.2. The molecule has 6 rings (SSSR count). The molecule has 0 spiro atoms. The van der Waals surface area contributed by atoms with Crippen molar-refractivity contribution in [2.24, 2.45) is 0 Å². The zero-order valence-electron chi connectivity index (χ0n) is 27.2. The molecule has 3 aromatic heterocycles. The number of carbonyl (C=O) groups is 1. The van der Waals surface area contributed by atoms with Gasteiger partial charge in [0.1, 0.15) is 24.1 Å². The van der Waals surface area contributed by atoms with Crippen molar-refractivity contribution in [3.05, 3.63) is 107 Å². The molecule has 5 aromatic rings. The van der Waals surface area contributed by atoms with Crippen LogP contribution in [-0.2, 0) is 31.0 Å². The Hall–Kier alpha value is -5.10. The van der Waals surface area contributed by atoms with Crippen LogP contribution in [0.5, 0.6) is 11.6 Å². The fourth-order valence-corrected chi connectivity index (χ4v) is 5.98. The molecule has 48 heavy (non-hydrogen) atoms. The number of aromatic nitrogens is 5. The molecule has 0 unspecified atom stereocenters. The first-order chi connectivity index (χ1) is 23.2. The highest BCUT2D eigenvalue weighted by Crippen LogP contribution is 2.28. The van der Waals surface area contributed by atoms with Crippen LogP contribution in [0.4, 0.5) is 8.78 Å². The normalized spacial score (nSPS) is 14.5. The van der Waals surface area contributed by atoms with Crippen molar-refractivity contribution < 1.29 is 28.2 Å². The summed E-state index contributed by atoms with van der Waals surface area (Å²) in [5.74, 6) is -0.612. The number of hydrogen-bond acceptors (Lipinski definition) is 7. The van der Waals surface area contributed by atoms with Gasteiger partial charge in [-0.1, -0.05) is 12.1 Å². The van der Waals surface area contributed by atoms with Crippen molar-refractivity contribution in [3.8, 4) is 11.6 Å². The van der Waals surface area contributed by atoms with Crippen LogP contribution >= 0.6 is 0 Å². The van der Waals surface area contributed by atoms with Gasteiger partial charge in [0.2, 0.25) is 5.88 Å². The van der Waals surface area contributed by atoms with Gasteiger partial charge in [-0.25, -0.2) is 28.5 Å². The number of imidazole rings is 2. The molecule has 0 aliphatic carbocycles. The molecule has 1 saturated heterocycles. The average molecular weight is 657 g/mol. The number of hydrogen-bond donors (Lipinski definition) is 1. The first-order valence-electron chi connectivity index (χ1n) is 16.0. The van der Waals surface area contributed by atoms with Crippen molar-refractivity contribution in [3.63, 3.8) is 0 Å². The number of benzene rings is 2. The highest BCUT2D eigenvalue weighted by molar-refractivity contribution is 5.91. The van der Waals surface area contributed by atoms with Gasteiger partial charge in [-0.15, -0.1) is 0 Å². The molecule has 1 N–H and O–H groups in total. The third-order valence-electron chi connectivity index (χ3n) is 8.57. The van der Waals surface area contributed by atoms with Crippen LogP contribution in [0, 0.1) is 18.6 Å². The second-order valence-corrected chi connectivity index (χ2v) is 12.1. The van der Waals surface area contributed by atoms with E-state index in [0.29, 0.717) is 47.1 Å². The smallest absolute Gasteiger partial charge is 0.328 e. The first-order valence-corrected chi connectivity index (χ1v) is 16.0. The van der Waals surface area contributed by atoms with Crippen molar-refractivity contribution in [2.45, 2.75) is 66.0 Å². The fraction of sp³-hybridized carbons (Fsp3) is 0.333. The summed E-state index contributed by atoms with van der Waals surface area (Å²) in [5.41, 5.74) is 4.20. The van der Waals surface area contributed by atoms with Crippen molar-refractivity contribution in [1.82, 2.24) is 29.0 Å². The summed E-state index contributed by atoms with van der Waals surface area (Å²) in [5, 5.41) is 9.26. The van der Waals surface area contributed by atoms with Crippen molar-refractivity contribution in [1.29, 1.82) is 0 Å². The van der Waals surface area contributed by atoms with E-state index in [9.17, 15) is 14.3 Å². The van der Waals surface area contributed by atoms with Gasteiger partial charge in [-0.3, -0.25) is 4.90 Å². The number of rotatable bonds is 12. The number of likely N-dealkylation sites (tertiary alicyclic amines) is 1. The van der Waals surface area contributed by atoms with Crippen molar-refractivity contribution in [2.75, 3.05) is 13.1 Å². The molecule has 0 atom stereocenters. The maximum absolute atomic E-state index is 15.5. The number of allylic oxidation sites excluding steroid dienone is 1. The number of aliphatic carboxylic acids is 1. The number of halogens is 2. The van der Waals surface area contributed by atoms with E-state index in [4.69, 9.17) is 14.5 Å². The van der Waals surface area contributed by atoms with Crippen LogP contribution < -0.4 is 9.47 Å². The number of fused-ring (bicyclic) bond motifs is 1. The molecule has 1 aliphatic heterocycles. The van der Waals surface area contributed by atoms with E-state index in [1.807, 2.05) is 41.2 Å². The zero-order valence-corrected chi connectivity index (χ0v) is 27.2. The minimum atomic E-state index is -1.09. The Labute approximate surface area is 277 Å². The van der Waals surface area contributed by atoms with Gasteiger partial charge in [0, 0.05) is 38.0 Å². The summed E-state index contributed by atoms with van der Waals surface area (Å²) >= 11 is 0. The standard InChI is InChI=1S/C36H38F2N6O4/c1-4-43-22-39-18-27(43)19-44-31-17-25(24(3)15-35(45)46)16-30(38)36(31)41-33(44)20-42-12-10-28(11-13-42)48-34-7-5-6-26(40-34)21-47-32-9-8-23(2)14-29(32)37/h5-9,14-18,22,28H,4,10-13,19-21H2,1-3H3,(H,45,46)/b24-15+. The Balaban J connectivity index is 1.15. The quantitative estimate of drug-likeness (QED) is 0.154. The summed E-state index contributed by atoms with van der Waals surface area (Å²) in [7, 11) is 0. The topological polar surface area (TPSA) is 108 Å². The van der Waals surface area contributed by atoms with Crippen LogP contribution in [0.1, 0.15) is 55.0 Å². The van der Waals surface area contributed by atoms with E-state index in [2.05, 4.69) is 14.9 Å². The number of aryl methyl sites for hydroxylation is 2. The Morgan fingerprint density at radius 3 is 2.62 bits per heavy atom. The molecule has 10 nitrogen and oxygen atoms in total. The minimum absolute atomic E-state index is 0.0406. The molecular weight excluding hydrogens is 618 g/mol. The zero-order chi connectivity index (χ0) is 33.8. The highest BCUT2D eigenvalue weighted by Gasteiger charge is 2.24. The summed E-state index contributed by atoms with van der Waals surface area (Å²) in [6.07, 6.45) is 6.13. The Morgan fingerprint density at radius 2 is 1.88 bits per heavy atom. The lowest BCUT2D eigenvalue weighted by atomic mass is 10.1. The third-order valence-corrected chi connectivity index (χ3v) is 8.57. The molecule has 12 heteroatoms. The number of piperidine rings is 1. The van der Waals surface area contributed by atoms with Crippen LogP contribution in [-0.4, -0.2) is 59.3 Å². The Bertz CT molecular complexity index is 1960. The van der Waals surface area contributed by atoms with Crippen LogP contribution in [0.2, 0.25) is 0 Å². The van der Waals surface area contributed by atoms with Gasteiger partial charge >= 0.3 is 5.97 Å². The van der Waals surface area contributed by atoms with E-state index < -0.39 is 17.6 Å². The minimum Gasteiger partial charge on any atom is -0.484 e. The van der Waals surface area contributed by atoms with E-state index in [-0.39, 0.29) is 24.0 Å². The molecule has 1 fully saturated rings. The maximum Gasteiger partial charge on any atom is 0.328 e. The Morgan fingerprint density at radius 1 is 1.06 bits per heavy atom. The highest BCUT2D eigenvalue weighted by atomic mass is 19.1. The molecular formula is C36H38F2N6O4. The van der Waals surface area contributed by atoms with Gasteiger partial charge in [0.25, 0.3) is 0 Å². The maximum atomic E-state index is 15.5. The molecule has 0 amide bonds. The number of carboxylic acid groups (broad SMARTS) is 1. The lowest BCUT2D eigenvalue weighted by Gasteiger charge is -2.31. The molecule has 0 saturated carbocycles. The van der Waals surface area contributed by atoms with Crippen LogP contribution in [0.25, 0.3) is 16.6 Å². The molecule has 1 aliphatic rings. The van der Waals surface area contributed by atoms with Gasteiger partial charge in [-0.05, 0) is 80.6 Å². The fourth-order valence-electron chi connectivity index (χ4n) is 5.98. The third kappa shape index (κ3) is 7.54. The number of pyridine rings is 1. The predicted molar refractivity (Wildman–Crippen MR) is 177 cm³/mol.